The molecule has 0 aliphatic carbocycles. The molecule has 9 heteroatoms. The van der Waals surface area contributed by atoms with E-state index in [1.54, 1.807) is 6.07 Å². The van der Waals surface area contributed by atoms with Crippen molar-refractivity contribution in [1.82, 2.24) is 9.55 Å². The Morgan fingerprint density at radius 3 is 2.54 bits per heavy atom. The Kier molecular flexibility index (Phi) is 6.93. The average molecular weight is 467 g/mol. The smallest absolute Gasteiger partial charge is 0.287 e. The minimum atomic E-state index is -0.505. The lowest BCUT2D eigenvalue weighted by molar-refractivity contribution is -0.385. The van der Waals surface area contributed by atoms with Gasteiger partial charge in [0.1, 0.15) is 18.6 Å². The summed E-state index contributed by atoms with van der Waals surface area (Å²) >= 11 is 0. The Balaban J connectivity index is 1.43. The summed E-state index contributed by atoms with van der Waals surface area (Å²) in [5, 5.41) is 28.2. The van der Waals surface area contributed by atoms with Crippen LogP contribution >= 0.6 is 0 Å². The third-order valence-electron chi connectivity index (χ3n) is 5.52. The number of hydrogen-bond acceptors (Lipinski definition) is 7. The molecule has 9 nitrogen and oxygen atoms in total. The average Bonchev–Trinajstić information content (AvgIpc) is 3.16. The maximum Gasteiger partial charge on any atom is 0.287 e. The van der Waals surface area contributed by atoms with Gasteiger partial charge in [0.15, 0.2) is 5.82 Å². The van der Waals surface area contributed by atoms with Crippen LogP contribution in [0.15, 0.2) is 83.2 Å². The minimum absolute atomic E-state index is 0.0871. The number of aromatic nitrogens is 2. The first-order valence-electron chi connectivity index (χ1n) is 10.8. The number of benzene rings is 2. The quantitative estimate of drug-likeness (QED) is 0.176. The summed E-state index contributed by atoms with van der Waals surface area (Å²) in [5.74, 6) is 1.03. The second kappa shape index (κ2) is 10.4. The van der Waals surface area contributed by atoms with Crippen molar-refractivity contribution in [3.63, 3.8) is 0 Å². The lowest BCUT2D eigenvalue weighted by Gasteiger charge is -2.12. The number of pyridine rings is 1. The summed E-state index contributed by atoms with van der Waals surface area (Å²) < 4.78 is 8.00. The third-order valence-corrected chi connectivity index (χ3v) is 5.52. The molecule has 0 atom stereocenters. The molecule has 0 spiro atoms. The van der Waals surface area contributed by atoms with E-state index in [2.05, 4.69) is 31.9 Å². The Bertz CT molecular complexity index is 1420. The van der Waals surface area contributed by atoms with Gasteiger partial charge in [-0.15, -0.1) is 5.11 Å². The van der Waals surface area contributed by atoms with E-state index in [9.17, 15) is 15.4 Å². The first-order chi connectivity index (χ1) is 17.0. The first-order valence-corrected chi connectivity index (χ1v) is 10.8. The highest BCUT2D eigenvalue weighted by molar-refractivity contribution is 5.44. The van der Waals surface area contributed by atoms with Crippen molar-refractivity contribution in [3.05, 3.63) is 111 Å². The van der Waals surface area contributed by atoms with Crippen LogP contribution in [-0.2, 0) is 13.2 Å². The molecule has 35 heavy (non-hydrogen) atoms. The van der Waals surface area contributed by atoms with Gasteiger partial charge in [-0.05, 0) is 61.9 Å². The molecule has 0 radical (unpaired) electrons. The van der Waals surface area contributed by atoms with E-state index < -0.39 is 4.92 Å². The summed E-state index contributed by atoms with van der Waals surface area (Å²) in [4.78, 5) is 14.2. The van der Waals surface area contributed by atoms with Gasteiger partial charge in [-0.1, -0.05) is 18.2 Å². The van der Waals surface area contributed by atoms with Gasteiger partial charge < -0.3 is 9.30 Å². The summed E-state index contributed by atoms with van der Waals surface area (Å²) in [6.07, 6.45) is 1.16. The molecule has 0 unspecified atom stereocenters. The first kappa shape index (κ1) is 23.3. The number of ether oxygens (including phenoxy) is 1. The van der Waals surface area contributed by atoms with Crippen LogP contribution in [0.3, 0.4) is 0 Å². The Morgan fingerprint density at radius 1 is 1.09 bits per heavy atom. The van der Waals surface area contributed by atoms with Crippen LogP contribution in [0.1, 0.15) is 28.1 Å². The van der Waals surface area contributed by atoms with E-state index in [-0.39, 0.29) is 5.69 Å². The van der Waals surface area contributed by atoms with Crippen molar-refractivity contribution in [2.75, 3.05) is 0 Å². The Morgan fingerprint density at radius 2 is 1.86 bits per heavy atom. The number of aryl methyl sites for hydroxylation is 1. The predicted octanol–water partition coefficient (Wildman–Crippen LogP) is 6.13. The van der Waals surface area contributed by atoms with Crippen LogP contribution in [0.5, 0.6) is 5.75 Å². The Hall–Kier alpha value is -4.84. The lowest BCUT2D eigenvalue weighted by Crippen LogP contribution is -2.01. The Labute approximate surface area is 202 Å². The number of rotatable bonds is 8. The molecule has 2 heterocycles. The standard InChI is InChI=1S/C26H22N6O3/c1-18-13-22(15-29-30-26-12-9-24(16-28-26)32(33)34)19(2)31(18)23-7-10-25(11-8-23)35-17-21-6-4-3-5-20(21)14-27/h3-13,16H,15,17H2,1-2H3. The van der Waals surface area contributed by atoms with Gasteiger partial charge in [0.25, 0.3) is 5.69 Å². The zero-order valence-corrected chi connectivity index (χ0v) is 19.3. The predicted molar refractivity (Wildman–Crippen MR) is 130 cm³/mol. The van der Waals surface area contributed by atoms with Gasteiger partial charge in [-0.2, -0.15) is 10.4 Å². The second-order valence-corrected chi connectivity index (χ2v) is 7.81. The SMILES string of the molecule is Cc1cc(CN=Nc2ccc([N+](=O)[O-])cn2)c(C)n1-c1ccc(OCc2ccccc2C#N)cc1. The largest absolute Gasteiger partial charge is 0.489 e. The highest BCUT2D eigenvalue weighted by Gasteiger charge is 2.11. The van der Waals surface area contributed by atoms with Crippen molar-refractivity contribution in [2.24, 2.45) is 10.2 Å². The van der Waals surface area contributed by atoms with Crippen molar-refractivity contribution < 1.29 is 9.66 Å². The molecular formula is C26H22N6O3. The van der Waals surface area contributed by atoms with E-state index in [4.69, 9.17) is 4.74 Å². The number of hydrogen-bond donors (Lipinski definition) is 0. The molecule has 0 saturated heterocycles. The fraction of sp³-hybridized carbons (Fsp3) is 0.154. The number of azo groups is 1. The zero-order valence-electron chi connectivity index (χ0n) is 19.3. The van der Waals surface area contributed by atoms with Gasteiger partial charge in [0.2, 0.25) is 0 Å². The molecule has 0 fully saturated rings. The van der Waals surface area contributed by atoms with Crippen molar-refractivity contribution in [3.8, 4) is 17.5 Å². The van der Waals surface area contributed by atoms with Gasteiger partial charge in [0.05, 0.1) is 23.1 Å². The van der Waals surface area contributed by atoms with Crippen molar-refractivity contribution in [1.29, 1.82) is 5.26 Å². The van der Waals surface area contributed by atoms with E-state index in [0.29, 0.717) is 30.3 Å². The minimum Gasteiger partial charge on any atom is -0.489 e. The van der Waals surface area contributed by atoms with E-state index in [1.807, 2.05) is 56.3 Å². The number of nitro groups is 1. The highest BCUT2D eigenvalue weighted by atomic mass is 16.6. The van der Waals surface area contributed by atoms with Crippen LogP contribution in [0, 0.1) is 35.3 Å². The fourth-order valence-electron chi connectivity index (χ4n) is 3.72. The molecule has 0 N–H and O–H groups in total. The molecule has 0 bridgehead atoms. The topological polar surface area (TPSA) is 119 Å². The van der Waals surface area contributed by atoms with Crippen LogP contribution in [0.2, 0.25) is 0 Å². The molecule has 4 rings (SSSR count). The molecule has 2 aromatic carbocycles. The third kappa shape index (κ3) is 5.39. The normalized spacial score (nSPS) is 10.9. The van der Waals surface area contributed by atoms with Crippen molar-refractivity contribution in [2.45, 2.75) is 27.0 Å². The summed E-state index contributed by atoms with van der Waals surface area (Å²) in [5.41, 5.74) is 5.46. The zero-order chi connectivity index (χ0) is 24.8. The number of nitriles is 1. The van der Waals surface area contributed by atoms with E-state index in [1.165, 1.54) is 12.1 Å². The van der Waals surface area contributed by atoms with Gasteiger partial charge in [-0.3, -0.25) is 10.1 Å². The summed E-state index contributed by atoms with van der Waals surface area (Å²) in [7, 11) is 0. The van der Waals surface area contributed by atoms with Gasteiger partial charge in [-0.25, -0.2) is 4.98 Å². The van der Waals surface area contributed by atoms with Gasteiger partial charge in [0, 0.05) is 28.7 Å². The van der Waals surface area contributed by atoms with Crippen LogP contribution in [0.25, 0.3) is 5.69 Å². The highest BCUT2D eigenvalue weighted by Crippen LogP contribution is 2.24. The molecule has 0 aliphatic rings. The van der Waals surface area contributed by atoms with Crippen LogP contribution < -0.4 is 4.74 Å². The lowest BCUT2D eigenvalue weighted by atomic mass is 10.1. The molecule has 0 amide bonds. The fourth-order valence-corrected chi connectivity index (χ4v) is 3.72. The summed E-state index contributed by atoms with van der Waals surface area (Å²) in [6, 6.07) is 22.2. The van der Waals surface area contributed by atoms with Crippen LogP contribution in [0.4, 0.5) is 11.5 Å². The second-order valence-electron chi connectivity index (χ2n) is 7.81. The van der Waals surface area contributed by atoms with Crippen LogP contribution in [-0.4, -0.2) is 14.5 Å². The number of nitrogens with zero attached hydrogens (tertiary/aromatic N) is 6. The van der Waals surface area contributed by atoms with E-state index in [0.717, 1.165) is 34.4 Å². The monoisotopic (exact) mass is 466 g/mol. The van der Waals surface area contributed by atoms with Gasteiger partial charge >= 0.3 is 0 Å². The molecule has 174 valence electrons. The molecule has 0 saturated carbocycles. The molecular weight excluding hydrogens is 444 g/mol. The maximum atomic E-state index is 10.7. The molecule has 4 aromatic rings. The summed E-state index contributed by atoms with van der Waals surface area (Å²) in [6.45, 7) is 4.72. The molecule has 2 aromatic heterocycles. The molecule has 0 aliphatic heterocycles. The maximum absolute atomic E-state index is 10.7. The van der Waals surface area contributed by atoms with Crippen molar-refractivity contribution >= 4 is 11.5 Å². The van der Waals surface area contributed by atoms with E-state index >= 15 is 0 Å².